The Labute approximate surface area is 140 Å². The van der Waals surface area contributed by atoms with E-state index in [1.807, 2.05) is 13.8 Å². The maximum atomic E-state index is 5.62. The molecule has 1 rings (SSSR count). The molecular weight excluding hydrogens is 304 g/mol. The van der Waals surface area contributed by atoms with Crippen molar-refractivity contribution >= 4 is 17.6 Å². The van der Waals surface area contributed by atoms with Crippen molar-refractivity contribution in [1.82, 2.24) is 0 Å². The monoisotopic (exact) mass is 336 g/mol. The summed E-state index contributed by atoms with van der Waals surface area (Å²) in [5.74, 6) is 0.0206. The van der Waals surface area contributed by atoms with Crippen molar-refractivity contribution in [2.45, 2.75) is 63.7 Å². The molecule has 4 heteroatoms. The summed E-state index contributed by atoms with van der Waals surface area (Å²) in [7, 11) is -0.566. The Morgan fingerprint density at radius 2 is 2.05 bits per heavy atom. The van der Waals surface area contributed by atoms with E-state index in [1.165, 1.54) is 31.0 Å². The van der Waals surface area contributed by atoms with Crippen LogP contribution in [0.2, 0.25) is 24.7 Å². The molecule has 22 heavy (non-hydrogen) atoms. The van der Waals surface area contributed by atoms with Gasteiger partial charge in [0.1, 0.15) is 15.4 Å². The molecule has 0 fully saturated rings. The second-order valence-corrected chi connectivity index (χ2v) is 12.0. The summed E-state index contributed by atoms with van der Waals surface area (Å²) < 4.78 is 11.2. The Hall–Kier alpha value is -0.426. The van der Waals surface area contributed by atoms with Crippen LogP contribution in [-0.4, -0.2) is 36.7 Å². The Morgan fingerprint density at radius 3 is 2.59 bits per heavy atom. The molecule has 1 unspecified atom stereocenters. The number of rotatable bonds is 13. The van der Waals surface area contributed by atoms with E-state index in [0.717, 1.165) is 29.2 Å². The predicted octanol–water partition coefficient (Wildman–Crippen LogP) is 4.94. The largest absolute Gasteiger partial charge is 0.357 e. The van der Waals surface area contributed by atoms with Crippen LogP contribution in [0, 0.1) is 0 Å². The molecule has 0 saturated carbocycles. The van der Waals surface area contributed by atoms with Crippen molar-refractivity contribution in [3.63, 3.8) is 0 Å². The quantitative estimate of drug-likeness (QED) is 0.205. The molecule has 1 atom stereocenters. The molecule has 1 aliphatic rings. The molecule has 124 valence electrons. The van der Waals surface area contributed by atoms with Gasteiger partial charge in [-0.3, -0.25) is 0 Å². The lowest BCUT2D eigenvalue weighted by molar-refractivity contribution is -0.0827. The third-order valence-corrected chi connectivity index (χ3v) is 9.89. The Morgan fingerprint density at radius 1 is 1.32 bits per heavy atom. The zero-order valence-corrected chi connectivity index (χ0v) is 16.6. The highest BCUT2D eigenvalue weighted by Crippen LogP contribution is 2.31. The molecular formula is C18H32O2Si2. The zero-order chi connectivity index (χ0) is 16.3. The smallest absolute Gasteiger partial charge is 0.137 e. The average Bonchev–Trinajstić information content (AvgIpc) is 3.02. The number of ether oxygens (including phenoxy) is 2. The van der Waals surface area contributed by atoms with Gasteiger partial charge >= 0.3 is 0 Å². The average molecular weight is 337 g/mol. The second-order valence-electron chi connectivity index (χ2n) is 6.00. The third-order valence-electron chi connectivity index (χ3n) is 4.17. The van der Waals surface area contributed by atoms with Gasteiger partial charge in [0, 0.05) is 13.2 Å². The van der Waals surface area contributed by atoms with Gasteiger partial charge in [-0.25, -0.2) is 0 Å². The van der Waals surface area contributed by atoms with Crippen LogP contribution in [-0.2, 0) is 9.47 Å². The Kier molecular flexibility index (Phi) is 9.95. The summed E-state index contributed by atoms with van der Waals surface area (Å²) in [6.07, 6.45) is 12.9. The molecule has 0 aliphatic heterocycles. The van der Waals surface area contributed by atoms with Crippen molar-refractivity contribution in [3.8, 4) is 0 Å². The number of unbranched alkanes of at least 4 members (excludes halogenated alkanes) is 1. The van der Waals surface area contributed by atoms with E-state index in [1.54, 1.807) is 5.20 Å². The van der Waals surface area contributed by atoms with Gasteiger partial charge in [-0.15, -0.1) is 6.58 Å². The van der Waals surface area contributed by atoms with Crippen LogP contribution in [0.4, 0.5) is 0 Å². The molecule has 0 spiro atoms. The van der Waals surface area contributed by atoms with E-state index in [-0.39, 0.29) is 5.91 Å². The Balaban J connectivity index is 2.31. The maximum absolute atomic E-state index is 5.62. The molecule has 0 aromatic rings. The van der Waals surface area contributed by atoms with Crippen LogP contribution in [0.3, 0.4) is 0 Å². The van der Waals surface area contributed by atoms with Crippen LogP contribution < -0.4 is 0 Å². The number of hydrogen-bond acceptors (Lipinski definition) is 2. The predicted molar refractivity (Wildman–Crippen MR) is 100 cm³/mol. The van der Waals surface area contributed by atoms with Crippen molar-refractivity contribution in [3.05, 3.63) is 36.1 Å². The highest BCUT2D eigenvalue weighted by Gasteiger charge is 2.29. The van der Waals surface area contributed by atoms with Crippen LogP contribution in [0.5, 0.6) is 0 Å². The second kappa shape index (κ2) is 11.2. The molecule has 0 aromatic carbocycles. The van der Waals surface area contributed by atoms with E-state index in [2.05, 4.69) is 37.4 Å². The lowest BCUT2D eigenvalue weighted by atomic mass is 10.4. The third kappa shape index (κ3) is 6.77. The van der Waals surface area contributed by atoms with Gasteiger partial charge < -0.3 is 9.47 Å². The lowest BCUT2D eigenvalue weighted by Gasteiger charge is -2.27. The molecule has 2 nitrogen and oxygen atoms in total. The molecule has 0 aromatic heterocycles. The van der Waals surface area contributed by atoms with E-state index in [4.69, 9.17) is 9.47 Å². The summed E-state index contributed by atoms with van der Waals surface area (Å²) >= 11 is 0. The maximum Gasteiger partial charge on any atom is 0.137 e. The summed E-state index contributed by atoms with van der Waals surface area (Å²) in [4.78, 5) is 0. The van der Waals surface area contributed by atoms with Crippen molar-refractivity contribution in [2.24, 2.45) is 0 Å². The minimum absolute atomic E-state index is 0.0206. The van der Waals surface area contributed by atoms with Crippen molar-refractivity contribution in [2.75, 3.05) is 13.2 Å². The minimum Gasteiger partial charge on any atom is -0.357 e. The first-order valence-electron chi connectivity index (χ1n) is 8.61. The van der Waals surface area contributed by atoms with Crippen LogP contribution >= 0.6 is 0 Å². The first-order chi connectivity index (χ1) is 10.7. The molecule has 0 amide bonds. The van der Waals surface area contributed by atoms with E-state index < -0.39 is 8.07 Å². The summed E-state index contributed by atoms with van der Waals surface area (Å²) in [5.41, 5.74) is 0. The standard InChI is InChI=1S/C18H32O2Si2/c1-5-15-22(4,17-12-8-9-13-17)16-11-10-14-21-18(19-6-2)20-7-3/h5,8,12-13,18H,1,6-7,9-11,14-16H2,2-4H3. The van der Waals surface area contributed by atoms with Gasteiger partial charge in [-0.05, 0) is 26.3 Å². The molecule has 0 saturated heterocycles. The fraction of sp³-hybridized carbons (Fsp3) is 0.667. The van der Waals surface area contributed by atoms with E-state index in [9.17, 15) is 0 Å². The minimum atomic E-state index is -1.33. The first kappa shape index (κ1) is 19.6. The number of hydrogen-bond donors (Lipinski definition) is 0. The van der Waals surface area contributed by atoms with Gasteiger partial charge in [0.05, 0.1) is 8.07 Å². The summed E-state index contributed by atoms with van der Waals surface area (Å²) in [5, 5.41) is 1.64. The summed E-state index contributed by atoms with van der Waals surface area (Å²) in [6, 6.07) is 3.79. The molecule has 0 heterocycles. The highest BCUT2D eigenvalue weighted by atomic mass is 28.3. The fourth-order valence-electron chi connectivity index (χ4n) is 2.92. The normalized spacial score (nSPS) is 16.8. The topological polar surface area (TPSA) is 18.5 Å². The van der Waals surface area contributed by atoms with Gasteiger partial charge in [-0.1, -0.05) is 61.0 Å². The SMILES string of the molecule is C=CC[Si](C)(CCCC[Si]C(OCC)OCC)C1=CCC=C1. The highest BCUT2D eigenvalue weighted by molar-refractivity contribution is 6.86. The number of allylic oxidation sites excluding steroid dienone is 5. The van der Waals surface area contributed by atoms with Crippen LogP contribution in [0.15, 0.2) is 36.1 Å². The van der Waals surface area contributed by atoms with Gasteiger partial charge in [0.25, 0.3) is 0 Å². The van der Waals surface area contributed by atoms with E-state index >= 15 is 0 Å². The lowest BCUT2D eigenvalue weighted by Crippen LogP contribution is -2.31. The fourth-order valence-corrected chi connectivity index (χ4v) is 7.70. The molecule has 0 N–H and O–H groups in total. The Bertz CT molecular complexity index is 373. The zero-order valence-electron chi connectivity index (χ0n) is 14.6. The van der Waals surface area contributed by atoms with Crippen LogP contribution in [0.1, 0.15) is 33.1 Å². The summed E-state index contributed by atoms with van der Waals surface area (Å²) in [6.45, 7) is 12.0. The molecule has 0 bridgehead atoms. The van der Waals surface area contributed by atoms with Gasteiger partial charge in [0.2, 0.25) is 0 Å². The first-order valence-corrected chi connectivity index (χ1v) is 12.8. The van der Waals surface area contributed by atoms with Crippen LogP contribution in [0.25, 0.3) is 0 Å². The van der Waals surface area contributed by atoms with Gasteiger partial charge in [-0.2, -0.15) is 0 Å². The van der Waals surface area contributed by atoms with Crippen molar-refractivity contribution < 1.29 is 9.47 Å². The van der Waals surface area contributed by atoms with E-state index in [0.29, 0.717) is 0 Å². The van der Waals surface area contributed by atoms with Crippen molar-refractivity contribution in [1.29, 1.82) is 0 Å². The molecule has 2 radical (unpaired) electrons. The molecule has 1 aliphatic carbocycles. The van der Waals surface area contributed by atoms with Gasteiger partial charge in [0.15, 0.2) is 0 Å².